The monoisotopic (exact) mass is 451 g/mol. The third-order valence-corrected chi connectivity index (χ3v) is 6.76. The molecule has 3 aromatic carbocycles. The van der Waals surface area contributed by atoms with Crippen LogP contribution in [0.4, 0.5) is 0 Å². The number of aryl methyl sites for hydroxylation is 1. The van der Waals surface area contributed by atoms with E-state index in [1.54, 1.807) is 18.2 Å². The molecular weight excluding hydrogens is 418 g/mol. The first kappa shape index (κ1) is 23.7. The summed E-state index contributed by atoms with van der Waals surface area (Å²) in [5.41, 5.74) is 3.78. The van der Waals surface area contributed by atoms with Crippen LogP contribution in [-0.2, 0) is 12.8 Å². The Hall–Kier alpha value is -3.42. The van der Waals surface area contributed by atoms with Gasteiger partial charge in [0.2, 0.25) is 0 Å². The molecule has 0 radical (unpaired) electrons. The molecule has 34 heavy (non-hydrogen) atoms. The van der Waals surface area contributed by atoms with Gasteiger partial charge in [-0.3, -0.25) is 4.79 Å². The van der Waals surface area contributed by atoms with Gasteiger partial charge < -0.3 is 9.80 Å². The van der Waals surface area contributed by atoms with Crippen molar-refractivity contribution in [2.45, 2.75) is 38.1 Å². The normalized spacial score (nSPS) is 14.4. The first-order valence-electron chi connectivity index (χ1n) is 12.3. The zero-order chi connectivity index (χ0) is 23.6. The third-order valence-electron chi connectivity index (χ3n) is 6.76. The van der Waals surface area contributed by atoms with Crippen LogP contribution < -0.4 is 0 Å². The summed E-state index contributed by atoms with van der Waals surface area (Å²) in [6.45, 7) is 3.84. The van der Waals surface area contributed by atoms with Crippen LogP contribution in [0.15, 0.2) is 84.9 Å². The molecule has 1 saturated heterocycles. The van der Waals surface area contributed by atoms with Gasteiger partial charge in [0.05, 0.1) is 11.6 Å². The van der Waals surface area contributed by atoms with Crippen molar-refractivity contribution in [1.82, 2.24) is 9.80 Å². The molecule has 3 aromatic rings. The molecule has 1 aliphatic rings. The van der Waals surface area contributed by atoms with Gasteiger partial charge in [-0.25, -0.2) is 0 Å². The van der Waals surface area contributed by atoms with Crippen molar-refractivity contribution in [2.75, 3.05) is 26.2 Å². The Morgan fingerprint density at radius 2 is 1.53 bits per heavy atom. The Labute approximate surface area is 203 Å². The summed E-state index contributed by atoms with van der Waals surface area (Å²) in [7, 11) is 0. The fourth-order valence-corrected chi connectivity index (χ4v) is 4.84. The summed E-state index contributed by atoms with van der Waals surface area (Å²) in [5, 5.41) is 9.28. The van der Waals surface area contributed by atoms with Gasteiger partial charge in [0.1, 0.15) is 0 Å². The molecule has 4 nitrogen and oxygen atoms in total. The first-order valence-corrected chi connectivity index (χ1v) is 12.3. The van der Waals surface area contributed by atoms with Crippen LogP contribution in [0.5, 0.6) is 0 Å². The van der Waals surface area contributed by atoms with Crippen molar-refractivity contribution < 1.29 is 4.79 Å². The lowest BCUT2D eigenvalue weighted by atomic mass is 9.99. The minimum absolute atomic E-state index is 0.0376. The standard InChI is InChI=1S/C30H33N3O/c31-24-27-13-7-15-28(23-27)30(34)33(22-16-26-11-5-2-6-12-26)29-17-20-32(21-18-29)19-8-14-25-9-3-1-4-10-25/h1-7,9-13,15,23,29H,8,14,16-22H2. The minimum Gasteiger partial charge on any atom is -0.335 e. The average Bonchev–Trinajstić information content (AvgIpc) is 2.91. The quantitative estimate of drug-likeness (QED) is 0.441. The molecule has 0 aromatic heterocycles. The van der Waals surface area contributed by atoms with Gasteiger partial charge in [0.25, 0.3) is 5.91 Å². The summed E-state index contributed by atoms with van der Waals surface area (Å²) in [6, 6.07) is 30.5. The van der Waals surface area contributed by atoms with Crippen LogP contribution in [-0.4, -0.2) is 47.9 Å². The number of hydrogen-bond acceptors (Lipinski definition) is 3. The predicted molar refractivity (Wildman–Crippen MR) is 137 cm³/mol. The van der Waals surface area contributed by atoms with E-state index < -0.39 is 0 Å². The van der Waals surface area contributed by atoms with E-state index >= 15 is 0 Å². The highest BCUT2D eigenvalue weighted by Crippen LogP contribution is 2.21. The Balaban J connectivity index is 1.37. The lowest BCUT2D eigenvalue weighted by Gasteiger charge is -2.39. The fraction of sp³-hybridized carbons (Fsp3) is 0.333. The third kappa shape index (κ3) is 6.56. The second kappa shape index (κ2) is 12.2. The SMILES string of the molecule is N#Cc1cccc(C(=O)N(CCc2ccccc2)C2CCN(CCCc3ccccc3)CC2)c1. The van der Waals surface area contributed by atoms with Crippen LogP contribution >= 0.6 is 0 Å². The van der Waals surface area contributed by atoms with E-state index in [2.05, 4.69) is 58.3 Å². The van der Waals surface area contributed by atoms with Crippen molar-refractivity contribution >= 4 is 5.91 Å². The molecule has 1 aliphatic heterocycles. The Morgan fingerprint density at radius 1 is 0.882 bits per heavy atom. The molecule has 0 spiro atoms. The van der Waals surface area contributed by atoms with Crippen LogP contribution in [0, 0.1) is 11.3 Å². The van der Waals surface area contributed by atoms with E-state index in [0.29, 0.717) is 17.7 Å². The Morgan fingerprint density at radius 3 is 2.18 bits per heavy atom. The molecule has 4 heteroatoms. The van der Waals surface area contributed by atoms with E-state index in [1.807, 2.05) is 24.3 Å². The number of amides is 1. The summed E-state index contributed by atoms with van der Waals surface area (Å²) < 4.78 is 0. The molecule has 174 valence electrons. The van der Waals surface area contributed by atoms with E-state index in [1.165, 1.54) is 11.1 Å². The maximum Gasteiger partial charge on any atom is 0.254 e. The highest BCUT2D eigenvalue weighted by Gasteiger charge is 2.28. The van der Waals surface area contributed by atoms with Crippen LogP contribution in [0.2, 0.25) is 0 Å². The lowest BCUT2D eigenvalue weighted by molar-refractivity contribution is 0.0574. The lowest BCUT2D eigenvalue weighted by Crippen LogP contribution is -2.48. The van der Waals surface area contributed by atoms with Gasteiger partial charge >= 0.3 is 0 Å². The second-order valence-electron chi connectivity index (χ2n) is 9.09. The molecule has 0 atom stereocenters. The van der Waals surface area contributed by atoms with Crippen molar-refractivity contribution in [3.63, 3.8) is 0 Å². The zero-order valence-corrected chi connectivity index (χ0v) is 19.8. The molecule has 4 rings (SSSR count). The van der Waals surface area contributed by atoms with Crippen LogP contribution in [0.25, 0.3) is 0 Å². The smallest absolute Gasteiger partial charge is 0.254 e. The van der Waals surface area contributed by atoms with Gasteiger partial charge in [-0.15, -0.1) is 0 Å². The van der Waals surface area contributed by atoms with Crippen molar-refractivity contribution in [3.8, 4) is 6.07 Å². The molecule has 0 N–H and O–H groups in total. The van der Waals surface area contributed by atoms with Gasteiger partial charge in [-0.1, -0.05) is 66.7 Å². The molecule has 0 unspecified atom stereocenters. The molecular formula is C30H33N3O. The molecule has 1 heterocycles. The van der Waals surface area contributed by atoms with E-state index in [9.17, 15) is 10.1 Å². The summed E-state index contributed by atoms with van der Waals surface area (Å²) in [6.07, 6.45) is 5.08. The van der Waals surface area contributed by atoms with Crippen molar-refractivity contribution in [1.29, 1.82) is 5.26 Å². The highest BCUT2D eigenvalue weighted by molar-refractivity contribution is 5.94. The molecule has 1 amide bonds. The number of nitrogens with zero attached hydrogens (tertiary/aromatic N) is 3. The van der Waals surface area contributed by atoms with E-state index in [-0.39, 0.29) is 11.9 Å². The molecule has 0 bridgehead atoms. The summed E-state index contributed by atoms with van der Waals surface area (Å²) >= 11 is 0. The van der Waals surface area contributed by atoms with Crippen molar-refractivity contribution in [3.05, 3.63) is 107 Å². The van der Waals surface area contributed by atoms with Gasteiger partial charge in [-0.05, 0) is 68.0 Å². The summed E-state index contributed by atoms with van der Waals surface area (Å²) in [4.78, 5) is 18.1. The highest BCUT2D eigenvalue weighted by atomic mass is 16.2. The van der Waals surface area contributed by atoms with Crippen LogP contribution in [0.3, 0.4) is 0 Å². The average molecular weight is 452 g/mol. The number of piperidine rings is 1. The fourth-order valence-electron chi connectivity index (χ4n) is 4.84. The largest absolute Gasteiger partial charge is 0.335 e. The molecule has 0 aliphatic carbocycles. The summed E-state index contributed by atoms with van der Waals surface area (Å²) in [5.74, 6) is 0.0376. The van der Waals surface area contributed by atoms with Crippen molar-refractivity contribution in [2.24, 2.45) is 0 Å². The zero-order valence-electron chi connectivity index (χ0n) is 19.8. The van der Waals surface area contributed by atoms with E-state index in [0.717, 1.165) is 51.7 Å². The predicted octanol–water partition coefficient (Wildman–Crippen LogP) is 5.34. The number of carbonyl (C=O) groups excluding carboxylic acids is 1. The maximum atomic E-state index is 13.5. The molecule has 1 fully saturated rings. The van der Waals surface area contributed by atoms with E-state index in [4.69, 9.17) is 0 Å². The van der Waals surface area contributed by atoms with Gasteiger partial charge in [0.15, 0.2) is 0 Å². The maximum absolute atomic E-state index is 13.5. The number of nitriles is 1. The van der Waals surface area contributed by atoms with Gasteiger partial charge in [0, 0.05) is 31.2 Å². The molecule has 0 saturated carbocycles. The van der Waals surface area contributed by atoms with Gasteiger partial charge in [-0.2, -0.15) is 5.26 Å². The number of likely N-dealkylation sites (tertiary alicyclic amines) is 1. The Bertz CT molecular complexity index is 1080. The minimum atomic E-state index is 0.0376. The van der Waals surface area contributed by atoms with Crippen LogP contribution in [0.1, 0.15) is 46.3 Å². The topological polar surface area (TPSA) is 47.3 Å². The first-order chi connectivity index (χ1) is 16.7. The second-order valence-corrected chi connectivity index (χ2v) is 9.09. The Kier molecular flexibility index (Phi) is 8.48. The number of hydrogen-bond donors (Lipinski definition) is 0. The number of benzene rings is 3. The number of rotatable bonds is 9. The number of carbonyl (C=O) groups is 1.